The smallest absolute Gasteiger partial charge is 0.310 e. The highest BCUT2D eigenvalue weighted by molar-refractivity contribution is 5.80. The topological polar surface area (TPSA) is 46.5 Å². The van der Waals surface area contributed by atoms with Gasteiger partial charge in [-0.15, -0.1) is 0 Å². The highest BCUT2D eigenvalue weighted by Gasteiger charge is 2.66. The van der Waals surface area contributed by atoms with Crippen LogP contribution in [0.15, 0.2) is 0 Å². The Morgan fingerprint density at radius 1 is 1.09 bits per heavy atom. The summed E-state index contributed by atoms with van der Waals surface area (Å²) >= 11 is 0. The van der Waals surface area contributed by atoms with Crippen molar-refractivity contribution < 1.29 is 32.2 Å². The number of ether oxygens (including phenoxy) is 1. The molecule has 1 aromatic carbocycles. The number of aliphatic carboxylic acids is 1. The predicted molar refractivity (Wildman–Crippen MR) is 69.2 cm³/mol. The summed E-state index contributed by atoms with van der Waals surface area (Å²) in [6.07, 6.45) is -0.425. The molecule has 0 aliphatic heterocycles. The molecule has 1 N–H and O–H groups in total. The molecule has 1 atom stereocenters. The molecule has 1 unspecified atom stereocenters. The second kappa shape index (κ2) is 5.22. The van der Waals surface area contributed by atoms with Crippen molar-refractivity contribution in [2.45, 2.75) is 33.3 Å². The van der Waals surface area contributed by atoms with Gasteiger partial charge in [0, 0.05) is 12.7 Å². The van der Waals surface area contributed by atoms with Crippen LogP contribution in [0.25, 0.3) is 0 Å². The Hall–Kier alpha value is -1.63. The average Bonchev–Trinajstić information content (AvgIpc) is 3.01. The summed E-state index contributed by atoms with van der Waals surface area (Å²) in [4.78, 5) is 11.4. The maximum Gasteiger partial charge on any atom is 0.310 e. The summed E-state index contributed by atoms with van der Waals surface area (Å²) in [6.45, 7) is 2.63. The Bertz CT molecular complexity index is 613. The molecule has 1 aliphatic rings. The van der Waals surface area contributed by atoms with Crippen molar-refractivity contribution in [2.75, 3.05) is 7.11 Å². The molecule has 0 spiro atoms. The Kier molecular flexibility index (Phi) is 3.97. The van der Waals surface area contributed by atoms with Crippen molar-refractivity contribution in [1.82, 2.24) is 0 Å². The first-order valence-electron chi connectivity index (χ1n) is 6.65. The summed E-state index contributed by atoms with van der Waals surface area (Å²) in [6, 6.07) is 0. The van der Waals surface area contributed by atoms with E-state index in [1.807, 2.05) is 0 Å². The average molecular weight is 320 g/mol. The van der Waals surface area contributed by atoms with Crippen molar-refractivity contribution in [1.29, 1.82) is 0 Å². The Morgan fingerprint density at radius 2 is 1.50 bits per heavy atom. The second-order valence-electron chi connectivity index (χ2n) is 6.27. The van der Waals surface area contributed by atoms with Crippen LogP contribution < -0.4 is 0 Å². The molecule has 0 bridgehead atoms. The summed E-state index contributed by atoms with van der Waals surface area (Å²) < 4.78 is 60.4. The molecule has 1 fully saturated rings. The van der Waals surface area contributed by atoms with Crippen molar-refractivity contribution in [2.24, 2.45) is 10.8 Å². The van der Waals surface area contributed by atoms with E-state index in [-0.39, 0.29) is 6.42 Å². The highest BCUT2D eigenvalue weighted by atomic mass is 19.2. The number of benzene rings is 1. The zero-order chi connectivity index (χ0) is 16.9. The standard InChI is InChI=1S/C15H16F4O3/c1-14(2)6-15(14,13(20)21)4-7-9(16)11(18)8(5-22-3)12(19)10(7)17/h4-6H2,1-3H3,(H,20,21). The molecule has 122 valence electrons. The number of hydrogen-bond acceptors (Lipinski definition) is 2. The summed E-state index contributed by atoms with van der Waals surface area (Å²) in [5.41, 5.74) is -3.84. The largest absolute Gasteiger partial charge is 0.481 e. The summed E-state index contributed by atoms with van der Waals surface area (Å²) in [7, 11) is 1.13. The molecule has 0 amide bonds. The van der Waals surface area contributed by atoms with Crippen LogP contribution in [-0.4, -0.2) is 18.2 Å². The number of methoxy groups -OCH3 is 1. The van der Waals surface area contributed by atoms with Crippen molar-refractivity contribution >= 4 is 5.97 Å². The van der Waals surface area contributed by atoms with Gasteiger partial charge in [-0.1, -0.05) is 13.8 Å². The van der Waals surface area contributed by atoms with E-state index in [9.17, 15) is 27.5 Å². The van der Waals surface area contributed by atoms with Crippen LogP contribution in [0.3, 0.4) is 0 Å². The van der Waals surface area contributed by atoms with Gasteiger partial charge in [0.25, 0.3) is 0 Å². The quantitative estimate of drug-likeness (QED) is 0.668. The van der Waals surface area contributed by atoms with Crippen LogP contribution >= 0.6 is 0 Å². The van der Waals surface area contributed by atoms with Crippen LogP contribution in [0, 0.1) is 34.1 Å². The third-order valence-electron chi connectivity index (χ3n) is 4.54. The molecular formula is C15H16F4O3. The minimum Gasteiger partial charge on any atom is -0.481 e. The van der Waals surface area contributed by atoms with E-state index in [1.165, 1.54) is 0 Å². The number of carboxylic acids is 1. The predicted octanol–water partition coefficient (Wildman–Crippen LogP) is 3.43. The van der Waals surface area contributed by atoms with Gasteiger partial charge in [0.05, 0.1) is 17.6 Å². The minimum absolute atomic E-state index is 0.178. The van der Waals surface area contributed by atoms with Gasteiger partial charge in [0.1, 0.15) is 0 Å². The summed E-state index contributed by atoms with van der Waals surface area (Å²) in [5.74, 6) is -7.45. The summed E-state index contributed by atoms with van der Waals surface area (Å²) in [5, 5.41) is 9.31. The number of carbonyl (C=O) groups is 1. The first-order valence-corrected chi connectivity index (χ1v) is 6.65. The van der Waals surface area contributed by atoms with Crippen LogP contribution in [0.1, 0.15) is 31.4 Å². The fourth-order valence-corrected chi connectivity index (χ4v) is 2.90. The number of halogens is 4. The van der Waals surface area contributed by atoms with Crippen LogP contribution in [-0.2, 0) is 22.6 Å². The molecular weight excluding hydrogens is 304 g/mol. The van der Waals surface area contributed by atoms with Crippen molar-refractivity contribution in [3.63, 3.8) is 0 Å². The van der Waals surface area contributed by atoms with E-state index < -0.39 is 64.2 Å². The first kappa shape index (κ1) is 16.7. The van der Waals surface area contributed by atoms with E-state index >= 15 is 0 Å². The van der Waals surface area contributed by atoms with Crippen molar-refractivity contribution in [3.05, 3.63) is 34.4 Å². The van der Waals surface area contributed by atoms with E-state index in [4.69, 9.17) is 0 Å². The second-order valence-corrected chi connectivity index (χ2v) is 6.27. The van der Waals surface area contributed by atoms with Gasteiger partial charge in [0.15, 0.2) is 23.3 Å². The monoisotopic (exact) mass is 320 g/mol. The third-order valence-corrected chi connectivity index (χ3v) is 4.54. The Morgan fingerprint density at radius 3 is 1.82 bits per heavy atom. The number of carboxylic acid groups (broad SMARTS) is 1. The molecule has 1 saturated carbocycles. The molecule has 7 heteroatoms. The molecule has 0 radical (unpaired) electrons. The van der Waals surface area contributed by atoms with Crippen molar-refractivity contribution in [3.8, 4) is 0 Å². The van der Waals surface area contributed by atoms with Gasteiger partial charge in [-0.05, 0) is 18.3 Å². The van der Waals surface area contributed by atoms with Gasteiger partial charge < -0.3 is 9.84 Å². The first-order chi connectivity index (χ1) is 10.1. The SMILES string of the molecule is COCc1c(F)c(F)c(CC2(C(=O)O)CC2(C)C)c(F)c1F. The third kappa shape index (κ3) is 2.27. The molecule has 22 heavy (non-hydrogen) atoms. The zero-order valence-electron chi connectivity index (χ0n) is 12.4. The molecule has 0 heterocycles. The molecule has 2 rings (SSSR count). The lowest BCUT2D eigenvalue weighted by Gasteiger charge is -2.18. The van der Waals surface area contributed by atoms with Crippen LogP contribution in [0.4, 0.5) is 17.6 Å². The van der Waals surface area contributed by atoms with E-state index in [0.29, 0.717) is 0 Å². The highest BCUT2D eigenvalue weighted by Crippen LogP contribution is 2.65. The molecule has 1 aromatic rings. The maximum atomic E-state index is 14.1. The fourth-order valence-electron chi connectivity index (χ4n) is 2.90. The van der Waals surface area contributed by atoms with Gasteiger partial charge in [-0.3, -0.25) is 4.79 Å². The van der Waals surface area contributed by atoms with E-state index in [1.54, 1.807) is 13.8 Å². The fraction of sp³-hybridized carbons (Fsp3) is 0.533. The van der Waals surface area contributed by atoms with Gasteiger partial charge >= 0.3 is 5.97 Å². The number of hydrogen-bond donors (Lipinski definition) is 1. The van der Waals surface area contributed by atoms with E-state index in [2.05, 4.69) is 4.74 Å². The van der Waals surface area contributed by atoms with E-state index in [0.717, 1.165) is 7.11 Å². The zero-order valence-corrected chi connectivity index (χ0v) is 12.4. The Balaban J connectivity index is 2.52. The lowest BCUT2D eigenvalue weighted by Crippen LogP contribution is -2.25. The normalized spacial score (nSPS) is 22.7. The molecule has 0 aromatic heterocycles. The van der Waals surface area contributed by atoms with Crippen LogP contribution in [0.2, 0.25) is 0 Å². The lowest BCUT2D eigenvalue weighted by molar-refractivity contribution is -0.144. The lowest BCUT2D eigenvalue weighted by atomic mass is 9.88. The maximum absolute atomic E-state index is 14.1. The molecule has 3 nitrogen and oxygen atoms in total. The minimum atomic E-state index is -1.56. The van der Waals surface area contributed by atoms with Gasteiger partial charge in [-0.2, -0.15) is 0 Å². The molecule has 1 aliphatic carbocycles. The Labute approximate surface area is 124 Å². The van der Waals surface area contributed by atoms with Crippen LogP contribution in [0.5, 0.6) is 0 Å². The number of rotatable bonds is 5. The van der Waals surface area contributed by atoms with Gasteiger partial charge in [0.2, 0.25) is 0 Å². The van der Waals surface area contributed by atoms with Gasteiger partial charge in [-0.25, -0.2) is 17.6 Å². The molecule has 0 saturated heterocycles.